The number of methoxy groups -OCH3 is 1. The number of rotatable bonds is 8. The number of fused-ring (bicyclic) bond motifs is 1. The molecule has 1 aliphatic carbocycles. The van der Waals surface area contributed by atoms with Crippen LogP contribution in [-0.2, 0) is 28.7 Å². The summed E-state index contributed by atoms with van der Waals surface area (Å²) in [6, 6.07) is 0. The van der Waals surface area contributed by atoms with E-state index in [9.17, 15) is 0 Å². The van der Waals surface area contributed by atoms with Crippen molar-refractivity contribution in [2.45, 2.75) is 32.6 Å². The zero-order valence-corrected chi connectivity index (χ0v) is 11.9. The molecule has 0 saturated heterocycles. The molecule has 5 heteroatoms. The summed E-state index contributed by atoms with van der Waals surface area (Å²) in [4.78, 5) is 9.27. The molecule has 1 N–H and O–H groups in total. The van der Waals surface area contributed by atoms with E-state index < -0.39 is 0 Å². The van der Waals surface area contributed by atoms with Gasteiger partial charge in [0, 0.05) is 31.3 Å². The van der Waals surface area contributed by atoms with Crippen molar-refractivity contribution in [1.29, 1.82) is 0 Å². The van der Waals surface area contributed by atoms with Gasteiger partial charge in [0.2, 0.25) is 0 Å². The number of nitrogens with one attached hydrogen (secondary N) is 1. The van der Waals surface area contributed by atoms with Gasteiger partial charge in [0.1, 0.15) is 11.6 Å². The Morgan fingerprint density at radius 2 is 2.05 bits per heavy atom. The molecule has 0 atom stereocenters. The molecule has 0 fully saturated rings. The molecule has 19 heavy (non-hydrogen) atoms. The third-order valence-electron chi connectivity index (χ3n) is 3.23. The molecule has 106 valence electrons. The van der Waals surface area contributed by atoms with E-state index in [1.807, 2.05) is 0 Å². The van der Waals surface area contributed by atoms with Crippen molar-refractivity contribution in [1.82, 2.24) is 9.97 Å². The van der Waals surface area contributed by atoms with E-state index in [-0.39, 0.29) is 0 Å². The fourth-order valence-corrected chi connectivity index (χ4v) is 2.32. The van der Waals surface area contributed by atoms with Gasteiger partial charge < -0.3 is 14.8 Å². The van der Waals surface area contributed by atoms with Crippen LogP contribution < -0.4 is 5.32 Å². The van der Waals surface area contributed by atoms with Crippen molar-refractivity contribution in [2.24, 2.45) is 0 Å². The number of aromatic nitrogens is 2. The summed E-state index contributed by atoms with van der Waals surface area (Å²) in [5, 5.41) is 3.35. The largest absolute Gasteiger partial charge is 0.382 e. The third-order valence-corrected chi connectivity index (χ3v) is 3.23. The molecule has 1 aromatic rings. The Labute approximate surface area is 114 Å². The normalized spacial score (nSPS) is 13.6. The Morgan fingerprint density at radius 3 is 2.84 bits per heavy atom. The molecule has 1 heterocycles. The highest BCUT2D eigenvalue weighted by Crippen LogP contribution is 2.26. The summed E-state index contributed by atoms with van der Waals surface area (Å²) in [7, 11) is 1.68. The van der Waals surface area contributed by atoms with Crippen LogP contribution in [0.1, 0.15) is 30.4 Å². The van der Waals surface area contributed by atoms with E-state index in [0.29, 0.717) is 19.8 Å². The first-order valence-corrected chi connectivity index (χ1v) is 7.04. The Balaban J connectivity index is 1.95. The Hall–Kier alpha value is -1.20. The van der Waals surface area contributed by atoms with Gasteiger partial charge in [0.15, 0.2) is 0 Å². The highest BCUT2D eigenvalue weighted by Gasteiger charge is 2.18. The van der Waals surface area contributed by atoms with Crippen LogP contribution in [0.2, 0.25) is 0 Å². The molecule has 1 aliphatic rings. The molecule has 0 bridgehead atoms. The second-order valence-electron chi connectivity index (χ2n) is 4.65. The fourth-order valence-electron chi connectivity index (χ4n) is 2.32. The van der Waals surface area contributed by atoms with Crippen LogP contribution in [0, 0.1) is 0 Å². The van der Waals surface area contributed by atoms with E-state index >= 15 is 0 Å². The Kier molecular flexibility index (Phi) is 5.54. The van der Waals surface area contributed by atoms with Crippen molar-refractivity contribution < 1.29 is 9.47 Å². The maximum atomic E-state index is 5.47. The summed E-state index contributed by atoms with van der Waals surface area (Å²) in [6.07, 6.45) is 4.13. The fraction of sp³-hybridized carbons (Fsp3) is 0.714. The first-order valence-electron chi connectivity index (χ1n) is 7.04. The van der Waals surface area contributed by atoms with E-state index in [0.717, 1.165) is 37.4 Å². The average molecular weight is 265 g/mol. The molecule has 0 saturated carbocycles. The van der Waals surface area contributed by atoms with Crippen molar-refractivity contribution in [3.05, 3.63) is 17.1 Å². The lowest BCUT2D eigenvalue weighted by molar-refractivity contribution is 0.0716. The Morgan fingerprint density at radius 1 is 1.16 bits per heavy atom. The SMILES string of the molecule is CCNc1nc(CCOCCOC)nc2c1CCC2. The van der Waals surface area contributed by atoms with Crippen molar-refractivity contribution in [3.8, 4) is 0 Å². The molecule has 1 aromatic heterocycles. The number of ether oxygens (including phenoxy) is 2. The van der Waals surface area contributed by atoms with Crippen LogP contribution in [0.4, 0.5) is 5.82 Å². The van der Waals surface area contributed by atoms with Gasteiger partial charge in [0.25, 0.3) is 0 Å². The third kappa shape index (κ3) is 3.88. The van der Waals surface area contributed by atoms with Crippen LogP contribution in [0.25, 0.3) is 0 Å². The van der Waals surface area contributed by atoms with Crippen LogP contribution in [0.3, 0.4) is 0 Å². The highest BCUT2D eigenvalue weighted by molar-refractivity contribution is 5.48. The van der Waals surface area contributed by atoms with Gasteiger partial charge in [-0.05, 0) is 26.2 Å². The minimum atomic E-state index is 0.626. The first-order chi connectivity index (χ1) is 9.35. The minimum absolute atomic E-state index is 0.626. The molecule has 0 aliphatic heterocycles. The lowest BCUT2D eigenvalue weighted by Crippen LogP contribution is -2.11. The zero-order chi connectivity index (χ0) is 13.5. The summed E-state index contributed by atoms with van der Waals surface area (Å²) in [5.74, 6) is 1.91. The predicted molar refractivity (Wildman–Crippen MR) is 74.6 cm³/mol. The topological polar surface area (TPSA) is 56.3 Å². The number of anilines is 1. The summed E-state index contributed by atoms with van der Waals surface area (Å²) in [6.45, 7) is 4.90. The van der Waals surface area contributed by atoms with Crippen molar-refractivity contribution in [3.63, 3.8) is 0 Å². The van der Waals surface area contributed by atoms with Gasteiger partial charge in [-0.15, -0.1) is 0 Å². The summed E-state index contributed by atoms with van der Waals surface area (Å²) >= 11 is 0. The molecule has 0 spiro atoms. The van der Waals surface area contributed by atoms with E-state index in [1.54, 1.807) is 7.11 Å². The van der Waals surface area contributed by atoms with Gasteiger partial charge in [-0.2, -0.15) is 0 Å². The minimum Gasteiger partial charge on any atom is -0.382 e. The van der Waals surface area contributed by atoms with Crippen LogP contribution >= 0.6 is 0 Å². The quantitative estimate of drug-likeness (QED) is 0.724. The average Bonchev–Trinajstić information content (AvgIpc) is 2.87. The lowest BCUT2D eigenvalue weighted by atomic mass is 10.2. The highest BCUT2D eigenvalue weighted by atomic mass is 16.5. The number of nitrogens with zero attached hydrogens (tertiary/aromatic N) is 2. The molecular weight excluding hydrogens is 242 g/mol. The lowest BCUT2D eigenvalue weighted by Gasteiger charge is -2.11. The van der Waals surface area contributed by atoms with Gasteiger partial charge in [-0.1, -0.05) is 0 Å². The molecule has 0 radical (unpaired) electrons. The van der Waals surface area contributed by atoms with Gasteiger partial charge in [-0.3, -0.25) is 0 Å². The van der Waals surface area contributed by atoms with E-state index in [1.165, 1.54) is 17.7 Å². The standard InChI is InChI=1S/C14H23N3O2/c1-3-15-14-11-5-4-6-12(11)16-13(17-14)7-8-19-10-9-18-2/h3-10H2,1-2H3,(H,15,16,17). The van der Waals surface area contributed by atoms with Crippen LogP contribution in [0.5, 0.6) is 0 Å². The second kappa shape index (κ2) is 7.40. The monoisotopic (exact) mass is 265 g/mol. The molecule has 0 unspecified atom stereocenters. The number of hydrogen-bond donors (Lipinski definition) is 1. The van der Waals surface area contributed by atoms with Crippen LogP contribution in [-0.4, -0.2) is 43.4 Å². The zero-order valence-electron chi connectivity index (χ0n) is 11.9. The summed E-state index contributed by atoms with van der Waals surface area (Å²) in [5.41, 5.74) is 2.53. The Bertz CT molecular complexity index is 410. The van der Waals surface area contributed by atoms with Gasteiger partial charge in [-0.25, -0.2) is 9.97 Å². The molecule has 5 nitrogen and oxygen atoms in total. The number of hydrogen-bond acceptors (Lipinski definition) is 5. The molecule has 0 aromatic carbocycles. The first kappa shape index (κ1) is 14.2. The molecule has 0 amide bonds. The maximum Gasteiger partial charge on any atom is 0.133 e. The second-order valence-corrected chi connectivity index (χ2v) is 4.65. The van der Waals surface area contributed by atoms with Crippen LogP contribution in [0.15, 0.2) is 0 Å². The van der Waals surface area contributed by atoms with Gasteiger partial charge in [0.05, 0.1) is 19.8 Å². The van der Waals surface area contributed by atoms with E-state index in [4.69, 9.17) is 9.47 Å². The van der Waals surface area contributed by atoms with E-state index in [2.05, 4.69) is 22.2 Å². The summed E-state index contributed by atoms with van der Waals surface area (Å²) < 4.78 is 10.4. The maximum absolute atomic E-state index is 5.47. The predicted octanol–water partition coefficient (Wildman–Crippen LogP) is 1.60. The number of aryl methyl sites for hydroxylation is 1. The van der Waals surface area contributed by atoms with Gasteiger partial charge >= 0.3 is 0 Å². The molecular formula is C14H23N3O2. The van der Waals surface area contributed by atoms with Crippen molar-refractivity contribution in [2.75, 3.05) is 38.8 Å². The molecule has 2 rings (SSSR count). The smallest absolute Gasteiger partial charge is 0.133 e. The van der Waals surface area contributed by atoms with Crippen molar-refractivity contribution >= 4 is 5.82 Å².